The van der Waals surface area contributed by atoms with Gasteiger partial charge in [-0.2, -0.15) is 13.2 Å². The molecule has 3 rings (SSSR count). The molecular formula is C20H20F3N3O2. The molecule has 0 aromatic heterocycles. The number of amides is 3. The van der Waals surface area contributed by atoms with Gasteiger partial charge in [0.25, 0.3) is 0 Å². The number of hydrogen-bond acceptors (Lipinski definition) is 2. The van der Waals surface area contributed by atoms with E-state index in [0.29, 0.717) is 18.5 Å². The molecule has 0 unspecified atom stereocenters. The minimum Gasteiger partial charge on any atom is -0.334 e. The average Bonchev–Trinajstić information content (AvgIpc) is 3.10. The lowest BCUT2D eigenvalue weighted by Crippen LogP contribution is -2.34. The van der Waals surface area contributed by atoms with Crippen molar-refractivity contribution in [1.82, 2.24) is 10.6 Å². The Balaban J connectivity index is 1.44. The Kier molecular flexibility index (Phi) is 5.87. The van der Waals surface area contributed by atoms with Crippen molar-refractivity contribution in [1.29, 1.82) is 0 Å². The van der Waals surface area contributed by atoms with Crippen molar-refractivity contribution in [3.63, 3.8) is 0 Å². The van der Waals surface area contributed by atoms with E-state index in [1.807, 2.05) is 24.3 Å². The Labute approximate surface area is 160 Å². The zero-order valence-electron chi connectivity index (χ0n) is 15.1. The SMILES string of the molecule is O=C(NCc1ccc(N2CCCC2=O)cc1)NCc1ccc(C(F)(F)F)cc1. The van der Waals surface area contributed by atoms with Gasteiger partial charge >= 0.3 is 12.2 Å². The highest BCUT2D eigenvalue weighted by Crippen LogP contribution is 2.29. The van der Waals surface area contributed by atoms with Crippen molar-refractivity contribution < 1.29 is 22.8 Å². The van der Waals surface area contributed by atoms with Crippen LogP contribution in [0.3, 0.4) is 0 Å². The Morgan fingerprint density at radius 2 is 1.46 bits per heavy atom. The maximum atomic E-state index is 12.5. The number of alkyl halides is 3. The molecule has 1 fully saturated rings. The molecule has 1 aliphatic heterocycles. The normalized spacial score (nSPS) is 14.2. The molecule has 1 saturated heterocycles. The largest absolute Gasteiger partial charge is 0.416 e. The van der Waals surface area contributed by atoms with Crippen LogP contribution in [-0.2, 0) is 24.1 Å². The summed E-state index contributed by atoms with van der Waals surface area (Å²) in [5, 5.41) is 5.30. The first-order valence-corrected chi connectivity index (χ1v) is 8.90. The standard InChI is InChI=1S/C20H20F3N3O2/c21-20(22,23)16-7-3-14(4-8-16)12-24-19(28)25-13-15-5-9-17(10-6-15)26-11-1-2-18(26)27/h3-10H,1-2,11-13H2,(H2,24,25,28). The lowest BCUT2D eigenvalue weighted by molar-refractivity contribution is -0.137. The molecule has 0 bridgehead atoms. The summed E-state index contributed by atoms with van der Waals surface area (Å²) < 4.78 is 37.6. The molecule has 28 heavy (non-hydrogen) atoms. The molecule has 0 aliphatic carbocycles. The third-order valence-corrected chi connectivity index (χ3v) is 4.51. The fourth-order valence-corrected chi connectivity index (χ4v) is 2.95. The maximum Gasteiger partial charge on any atom is 0.416 e. The van der Waals surface area contributed by atoms with Gasteiger partial charge in [-0.1, -0.05) is 24.3 Å². The van der Waals surface area contributed by atoms with E-state index in [2.05, 4.69) is 10.6 Å². The lowest BCUT2D eigenvalue weighted by Gasteiger charge is -2.16. The topological polar surface area (TPSA) is 61.4 Å². The van der Waals surface area contributed by atoms with E-state index in [4.69, 9.17) is 0 Å². The van der Waals surface area contributed by atoms with Crippen molar-refractivity contribution in [3.8, 4) is 0 Å². The summed E-state index contributed by atoms with van der Waals surface area (Å²) in [4.78, 5) is 25.4. The fraction of sp³-hybridized carbons (Fsp3) is 0.300. The Morgan fingerprint density at radius 3 is 1.93 bits per heavy atom. The van der Waals surface area contributed by atoms with Crippen LogP contribution in [0.2, 0.25) is 0 Å². The van der Waals surface area contributed by atoms with Crippen molar-refractivity contribution in [3.05, 3.63) is 65.2 Å². The third kappa shape index (κ3) is 5.03. The number of rotatable bonds is 5. The average molecular weight is 391 g/mol. The van der Waals surface area contributed by atoms with Crippen LogP contribution in [0.5, 0.6) is 0 Å². The maximum absolute atomic E-state index is 12.5. The van der Waals surface area contributed by atoms with Gasteiger partial charge in [0.15, 0.2) is 0 Å². The quantitative estimate of drug-likeness (QED) is 0.814. The van der Waals surface area contributed by atoms with Crippen LogP contribution in [0.1, 0.15) is 29.5 Å². The fourth-order valence-electron chi connectivity index (χ4n) is 2.95. The number of benzene rings is 2. The highest BCUT2D eigenvalue weighted by Gasteiger charge is 2.29. The van der Waals surface area contributed by atoms with Gasteiger partial charge in [-0.05, 0) is 41.8 Å². The molecule has 148 valence electrons. The lowest BCUT2D eigenvalue weighted by atomic mass is 10.1. The summed E-state index contributed by atoms with van der Waals surface area (Å²) >= 11 is 0. The molecule has 2 N–H and O–H groups in total. The van der Waals surface area contributed by atoms with Gasteiger partial charge in [0, 0.05) is 31.7 Å². The first kappa shape index (κ1) is 19.7. The second-order valence-electron chi connectivity index (χ2n) is 6.55. The van der Waals surface area contributed by atoms with E-state index in [1.54, 1.807) is 4.90 Å². The molecule has 0 spiro atoms. The summed E-state index contributed by atoms with van der Waals surface area (Å²) in [6, 6.07) is 11.6. The second-order valence-corrected chi connectivity index (χ2v) is 6.55. The summed E-state index contributed by atoms with van der Waals surface area (Å²) in [7, 11) is 0. The first-order valence-electron chi connectivity index (χ1n) is 8.90. The highest BCUT2D eigenvalue weighted by atomic mass is 19.4. The number of carbonyl (C=O) groups excluding carboxylic acids is 2. The molecule has 0 saturated carbocycles. The minimum atomic E-state index is -4.37. The molecule has 8 heteroatoms. The van der Waals surface area contributed by atoms with Crippen molar-refractivity contribution in [2.24, 2.45) is 0 Å². The summed E-state index contributed by atoms with van der Waals surface area (Å²) in [6.45, 7) is 1.15. The molecular weight excluding hydrogens is 371 g/mol. The Morgan fingerprint density at radius 1 is 0.929 bits per heavy atom. The van der Waals surface area contributed by atoms with Crippen LogP contribution < -0.4 is 15.5 Å². The molecule has 3 amide bonds. The van der Waals surface area contributed by atoms with Crippen LogP contribution in [0.25, 0.3) is 0 Å². The van der Waals surface area contributed by atoms with Crippen LogP contribution in [0, 0.1) is 0 Å². The highest BCUT2D eigenvalue weighted by molar-refractivity contribution is 5.95. The molecule has 1 heterocycles. The number of anilines is 1. The summed E-state index contributed by atoms with van der Waals surface area (Å²) in [5.74, 6) is 0.119. The number of urea groups is 1. The van der Waals surface area contributed by atoms with Crippen LogP contribution in [-0.4, -0.2) is 18.5 Å². The van der Waals surface area contributed by atoms with Gasteiger partial charge < -0.3 is 15.5 Å². The molecule has 1 aliphatic rings. The van der Waals surface area contributed by atoms with Crippen LogP contribution in [0.15, 0.2) is 48.5 Å². The van der Waals surface area contributed by atoms with E-state index < -0.39 is 17.8 Å². The van der Waals surface area contributed by atoms with Gasteiger partial charge in [0.05, 0.1) is 5.56 Å². The Hall–Kier alpha value is -3.03. The number of carbonyl (C=O) groups is 2. The van der Waals surface area contributed by atoms with E-state index >= 15 is 0 Å². The minimum absolute atomic E-state index is 0.119. The van der Waals surface area contributed by atoms with E-state index in [1.165, 1.54) is 12.1 Å². The second kappa shape index (κ2) is 8.33. The van der Waals surface area contributed by atoms with Gasteiger partial charge in [0.1, 0.15) is 0 Å². The van der Waals surface area contributed by atoms with Crippen molar-refractivity contribution >= 4 is 17.6 Å². The van der Waals surface area contributed by atoms with Gasteiger partial charge in [-0.3, -0.25) is 4.79 Å². The molecule has 0 atom stereocenters. The van der Waals surface area contributed by atoms with Crippen molar-refractivity contribution in [2.45, 2.75) is 32.1 Å². The van der Waals surface area contributed by atoms with Gasteiger partial charge in [-0.25, -0.2) is 4.79 Å². The zero-order valence-corrected chi connectivity index (χ0v) is 15.1. The predicted octanol–water partition coefficient (Wildman–Crippen LogP) is 3.83. The van der Waals surface area contributed by atoms with E-state index in [9.17, 15) is 22.8 Å². The number of halogens is 3. The van der Waals surface area contributed by atoms with Crippen LogP contribution in [0.4, 0.5) is 23.7 Å². The Bertz CT molecular complexity index is 833. The smallest absolute Gasteiger partial charge is 0.334 e. The summed E-state index contributed by atoms with van der Waals surface area (Å²) in [6.07, 6.45) is -2.94. The number of nitrogens with zero attached hydrogens (tertiary/aromatic N) is 1. The third-order valence-electron chi connectivity index (χ3n) is 4.51. The zero-order chi connectivity index (χ0) is 20.1. The summed E-state index contributed by atoms with van der Waals surface area (Å²) in [5.41, 5.74) is 1.57. The first-order chi connectivity index (χ1) is 13.3. The van der Waals surface area contributed by atoms with Crippen LogP contribution >= 0.6 is 0 Å². The molecule has 5 nitrogen and oxygen atoms in total. The van der Waals surface area contributed by atoms with Gasteiger partial charge in [-0.15, -0.1) is 0 Å². The molecule has 2 aromatic rings. The number of nitrogens with one attached hydrogen (secondary N) is 2. The number of hydrogen-bond donors (Lipinski definition) is 2. The van der Waals surface area contributed by atoms with Gasteiger partial charge in [0.2, 0.25) is 5.91 Å². The van der Waals surface area contributed by atoms with Crippen molar-refractivity contribution in [2.75, 3.05) is 11.4 Å². The van der Waals surface area contributed by atoms with E-state index in [-0.39, 0.29) is 12.5 Å². The monoisotopic (exact) mass is 391 g/mol. The molecule has 0 radical (unpaired) electrons. The predicted molar refractivity (Wildman–Crippen MR) is 98.5 cm³/mol. The molecule has 2 aromatic carbocycles. The van der Waals surface area contributed by atoms with E-state index in [0.717, 1.165) is 36.3 Å².